The number of unbranched alkanes of at least 4 members (excludes halogenated alkanes) is 1. The molecule has 33 heavy (non-hydrogen) atoms. The number of nitrogens with two attached hydrogens (primary N) is 3. The number of carbonyl (C=O) groups excluding carboxylic acids is 1. The first-order chi connectivity index (χ1) is 15.6. The molecule has 9 heteroatoms. The molecule has 0 atom stereocenters. The zero-order chi connectivity index (χ0) is 24.9. The van der Waals surface area contributed by atoms with Gasteiger partial charge in [-0.1, -0.05) is 29.2 Å². The molecule has 0 saturated heterocycles. The topological polar surface area (TPSA) is 135 Å². The minimum Gasteiger partial charge on any atom is -0.402 e. The highest BCUT2D eigenvalue weighted by atomic mass is 19.1. The van der Waals surface area contributed by atoms with Gasteiger partial charge in [-0.2, -0.15) is 0 Å². The molecular formula is C24H33FN6O2. The van der Waals surface area contributed by atoms with E-state index in [9.17, 15) is 9.18 Å². The maximum Gasteiger partial charge on any atom is 0.171 e. The van der Waals surface area contributed by atoms with E-state index < -0.39 is 5.82 Å². The average Bonchev–Trinajstić information content (AvgIpc) is 3.23. The van der Waals surface area contributed by atoms with Crippen LogP contribution in [0.4, 0.5) is 4.39 Å². The summed E-state index contributed by atoms with van der Waals surface area (Å²) in [6, 6.07) is 6.18. The van der Waals surface area contributed by atoms with Gasteiger partial charge in [0.15, 0.2) is 6.29 Å². The lowest BCUT2D eigenvalue weighted by molar-refractivity contribution is 0.0397. The van der Waals surface area contributed by atoms with Gasteiger partial charge in [0.05, 0.1) is 22.9 Å². The third-order valence-electron chi connectivity index (χ3n) is 4.24. The lowest BCUT2D eigenvalue weighted by atomic mass is 10.1. The summed E-state index contributed by atoms with van der Waals surface area (Å²) in [5.41, 5.74) is 18.8. The van der Waals surface area contributed by atoms with Crippen molar-refractivity contribution in [3.05, 3.63) is 70.7 Å². The Balaban J connectivity index is 0.000000801. The molecule has 0 aliphatic heterocycles. The number of halogens is 1. The van der Waals surface area contributed by atoms with E-state index in [2.05, 4.69) is 22.2 Å². The molecule has 0 fully saturated rings. The second kappa shape index (κ2) is 13.7. The van der Waals surface area contributed by atoms with Crippen LogP contribution < -0.4 is 17.2 Å². The number of aromatic nitrogens is 3. The van der Waals surface area contributed by atoms with Gasteiger partial charge in [0.25, 0.3) is 0 Å². The maximum atomic E-state index is 13.6. The van der Waals surface area contributed by atoms with Crippen LogP contribution >= 0.6 is 0 Å². The van der Waals surface area contributed by atoms with E-state index in [-0.39, 0.29) is 17.0 Å². The molecule has 0 amide bonds. The van der Waals surface area contributed by atoms with Gasteiger partial charge < -0.3 is 21.9 Å². The van der Waals surface area contributed by atoms with Gasteiger partial charge in [-0.15, -0.1) is 5.10 Å². The van der Waals surface area contributed by atoms with Crippen molar-refractivity contribution in [1.82, 2.24) is 15.0 Å². The fourth-order valence-corrected chi connectivity index (χ4v) is 2.23. The summed E-state index contributed by atoms with van der Waals surface area (Å²) >= 11 is 0. The van der Waals surface area contributed by atoms with E-state index in [1.54, 1.807) is 42.3 Å². The van der Waals surface area contributed by atoms with Crippen molar-refractivity contribution in [2.45, 2.75) is 52.2 Å². The number of methoxy groups -OCH3 is 1. The molecule has 2 aromatic rings. The zero-order valence-electron chi connectivity index (χ0n) is 19.6. The Morgan fingerprint density at radius 3 is 2.42 bits per heavy atom. The predicted octanol–water partition coefficient (Wildman–Crippen LogP) is 2.85. The van der Waals surface area contributed by atoms with Crippen LogP contribution in [0.15, 0.2) is 53.6 Å². The van der Waals surface area contributed by atoms with Crippen molar-refractivity contribution in [1.29, 1.82) is 0 Å². The molecule has 0 radical (unpaired) electrons. The number of allylic oxidation sites excluding steroid dienone is 3. The first kappa shape index (κ1) is 27.4. The molecule has 1 aromatic heterocycles. The summed E-state index contributed by atoms with van der Waals surface area (Å²) < 4.78 is 20.2. The minimum absolute atomic E-state index is 0.0193. The van der Waals surface area contributed by atoms with Crippen molar-refractivity contribution in [2.24, 2.45) is 17.2 Å². The van der Waals surface area contributed by atoms with Crippen LogP contribution in [0.1, 0.15) is 56.1 Å². The highest BCUT2D eigenvalue weighted by Gasteiger charge is 2.04. The summed E-state index contributed by atoms with van der Waals surface area (Å²) in [6.45, 7) is 6.69. The average molecular weight is 457 g/mol. The van der Waals surface area contributed by atoms with Crippen LogP contribution in [0.2, 0.25) is 0 Å². The number of benzene rings is 1. The molecule has 6 N–H and O–H groups in total. The quantitative estimate of drug-likeness (QED) is 0.252. The molecule has 0 aliphatic carbocycles. The van der Waals surface area contributed by atoms with Crippen LogP contribution in [-0.4, -0.2) is 34.0 Å². The minimum atomic E-state index is -0.414. The van der Waals surface area contributed by atoms with Gasteiger partial charge in [0.2, 0.25) is 0 Å². The zero-order valence-corrected chi connectivity index (χ0v) is 19.6. The molecule has 0 saturated carbocycles. The molecule has 178 valence electrons. The third-order valence-corrected chi connectivity index (χ3v) is 4.24. The van der Waals surface area contributed by atoms with Crippen molar-refractivity contribution in [3.8, 4) is 11.8 Å². The number of carbonyl (C=O) groups is 1. The SMILES string of the molecule is COC(C)(C)C.NC(N)=C(C#Cc1ccccc1F)/C=C(\N)CCCCn1cc(C=O)nn1. The molecule has 0 bridgehead atoms. The fraction of sp³-hybridized carbons (Fsp3) is 0.375. The molecule has 1 aromatic carbocycles. The standard InChI is InChI=1S/C19H21FN6O.C5H12O/c20-18-7-2-1-5-14(18)8-9-15(19(22)23)11-16(21)6-3-4-10-26-12-17(13-27)24-25-26;1-5(2,3)6-4/h1-2,5,7,11-13H,3-4,6,10,21-23H2;1-4H3/b16-11-;. The Bertz CT molecular complexity index is 1020. The van der Waals surface area contributed by atoms with Crippen LogP contribution in [-0.2, 0) is 11.3 Å². The van der Waals surface area contributed by atoms with Crippen LogP contribution in [0.3, 0.4) is 0 Å². The highest BCUT2D eigenvalue weighted by molar-refractivity contribution is 5.70. The van der Waals surface area contributed by atoms with Crippen molar-refractivity contribution in [2.75, 3.05) is 7.11 Å². The van der Waals surface area contributed by atoms with Gasteiger partial charge in [0, 0.05) is 19.4 Å². The largest absolute Gasteiger partial charge is 0.402 e. The third kappa shape index (κ3) is 11.5. The number of nitrogens with zero attached hydrogens (tertiary/aromatic N) is 3. The summed E-state index contributed by atoms with van der Waals surface area (Å²) in [4.78, 5) is 10.6. The Morgan fingerprint density at radius 1 is 1.21 bits per heavy atom. The van der Waals surface area contributed by atoms with Crippen molar-refractivity contribution in [3.63, 3.8) is 0 Å². The second-order valence-electron chi connectivity index (χ2n) is 8.12. The van der Waals surface area contributed by atoms with E-state index >= 15 is 0 Å². The van der Waals surface area contributed by atoms with E-state index in [1.807, 2.05) is 20.8 Å². The summed E-state index contributed by atoms with van der Waals surface area (Å²) in [7, 11) is 1.71. The van der Waals surface area contributed by atoms with Gasteiger partial charge in [0.1, 0.15) is 17.3 Å². The van der Waals surface area contributed by atoms with E-state index in [0.717, 1.165) is 12.8 Å². The summed E-state index contributed by atoms with van der Waals surface area (Å²) in [5.74, 6) is 5.07. The van der Waals surface area contributed by atoms with Crippen molar-refractivity contribution < 1.29 is 13.9 Å². The molecule has 1 heterocycles. The normalized spacial score (nSPS) is 11.0. The lowest BCUT2D eigenvalue weighted by Gasteiger charge is -2.14. The number of aryl methyl sites for hydroxylation is 1. The molecule has 0 aliphatic rings. The maximum absolute atomic E-state index is 13.6. The number of hydrogen-bond acceptors (Lipinski definition) is 7. The van der Waals surface area contributed by atoms with Crippen LogP contribution in [0.25, 0.3) is 0 Å². The molecular weight excluding hydrogens is 423 g/mol. The highest BCUT2D eigenvalue weighted by Crippen LogP contribution is 2.09. The number of aldehydes is 1. The predicted molar refractivity (Wildman–Crippen MR) is 127 cm³/mol. The smallest absolute Gasteiger partial charge is 0.171 e. The summed E-state index contributed by atoms with van der Waals surface area (Å²) in [5, 5.41) is 7.53. The van der Waals surface area contributed by atoms with E-state index in [1.165, 1.54) is 6.07 Å². The van der Waals surface area contributed by atoms with Gasteiger partial charge in [-0.05, 0) is 58.2 Å². The molecule has 0 spiro atoms. The molecule has 2 rings (SSSR count). The first-order valence-electron chi connectivity index (χ1n) is 10.4. The van der Waals surface area contributed by atoms with E-state index in [0.29, 0.717) is 36.2 Å². The first-order valence-corrected chi connectivity index (χ1v) is 10.4. The second-order valence-corrected chi connectivity index (χ2v) is 8.12. The van der Waals surface area contributed by atoms with Gasteiger partial charge in [-0.3, -0.25) is 9.48 Å². The van der Waals surface area contributed by atoms with Gasteiger partial charge in [-0.25, -0.2) is 4.39 Å². The van der Waals surface area contributed by atoms with Crippen LogP contribution in [0, 0.1) is 17.7 Å². The Labute approximate surface area is 194 Å². The summed E-state index contributed by atoms with van der Waals surface area (Å²) in [6.07, 6.45) is 6.03. The fourth-order valence-electron chi connectivity index (χ4n) is 2.23. The Morgan fingerprint density at radius 2 is 1.88 bits per heavy atom. The molecule has 0 unspecified atom stereocenters. The molecule has 8 nitrogen and oxygen atoms in total. The number of ether oxygens (including phenoxy) is 1. The Kier molecular flexibility index (Phi) is 11.4. The number of hydrogen-bond donors (Lipinski definition) is 3. The number of rotatable bonds is 7. The Hall–Kier alpha value is -3.64. The van der Waals surface area contributed by atoms with E-state index in [4.69, 9.17) is 21.9 Å². The van der Waals surface area contributed by atoms with Crippen molar-refractivity contribution >= 4 is 6.29 Å². The van der Waals surface area contributed by atoms with Gasteiger partial charge >= 0.3 is 0 Å². The van der Waals surface area contributed by atoms with Crippen LogP contribution in [0.5, 0.6) is 0 Å². The lowest BCUT2D eigenvalue weighted by Crippen LogP contribution is -2.15. The monoisotopic (exact) mass is 456 g/mol.